The lowest BCUT2D eigenvalue weighted by molar-refractivity contribution is 0.0827. The van der Waals surface area contributed by atoms with Gasteiger partial charge in [0.1, 0.15) is 35.6 Å². The van der Waals surface area contributed by atoms with Gasteiger partial charge in [-0.25, -0.2) is 37.9 Å². The number of carbonyl (C=O) groups is 1. The first-order valence-electron chi connectivity index (χ1n) is 28.3. The zero-order valence-electron chi connectivity index (χ0n) is 46.0. The monoisotopic (exact) mass is 1100 g/mol. The van der Waals surface area contributed by atoms with Crippen molar-refractivity contribution in [1.29, 1.82) is 0 Å². The Kier molecular flexibility index (Phi) is 16.6. The molecule has 19 heteroatoms. The summed E-state index contributed by atoms with van der Waals surface area (Å²) in [4.78, 5) is 42.2. The van der Waals surface area contributed by atoms with Crippen molar-refractivity contribution in [2.24, 2.45) is 5.73 Å². The summed E-state index contributed by atoms with van der Waals surface area (Å²) in [6.45, 7) is 9.89. The molecule has 0 radical (unpaired) electrons. The molecule has 418 valence electrons. The van der Waals surface area contributed by atoms with Crippen LogP contribution in [0.15, 0.2) is 139 Å². The topological polar surface area (TPSA) is 219 Å². The molecule has 2 saturated carbocycles. The molecule has 6 heterocycles. The second kappa shape index (κ2) is 24.2. The minimum atomic E-state index is -3.57. The molecule has 0 unspecified atom stereocenters. The minimum absolute atomic E-state index is 0.209. The number of rotatable bonds is 13. The molecule has 7 N–H and O–H groups in total. The predicted molar refractivity (Wildman–Crippen MR) is 318 cm³/mol. The van der Waals surface area contributed by atoms with Crippen LogP contribution in [0, 0.1) is 0 Å². The van der Waals surface area contributed by atoms with Gasteiger partial charge in [0.25, 0.3) is 0 Å². The Bertz CT molecular complexity index is 3470. The summed E-state index contributed by atoms with van der Waals surface area (Å²) in [5, 5.41) is 1.78. The van der Waals surface area contributed by atoms with E-state index < -0.39 is 16.1 Å². The van der Waals surface area contributed by atoms with E-state index in [-0.39, 0.29) is 11.4 Å². The Morgan fingerprint density at radius 2 is 0.963 bits per heavy atom. The number of aromatic nitrogens is 6. The van der Waals surface area contributed by atoms with Crippen LogP contribution in [0.3, 0.4) is 0 Å². The van der Waals surface area contributed by atoms with Gasteiger partial charge in [0.05, 0.1) is 22.2 Å². The number of nitrogens with one attached hydrogen (secondary N) is 1. The van der Waals surface area contributed by atoms with Crippen molar-refractivity contribution < 1.29 is 13.2 Å². The smallest absolute Gasteiger partial charge is 0.319 e. The zero-order valence-corrected chi connectivity index (χ0v) is 46.8. The van der Waals surface area contributed by atoms with Gasteiger partial charge in [-0.2, -0.15) is 0 Å². The Hall–Kier alpha value is -7.26. The van der Waals surface area contributed by atoms with Crippen molar-refractivity contribution in [2.45, 2.75) is 93.5 Å². The molecule has 80 heavy (non-hydrogen) atoms. The Morgan fingerprint density at radius 1 is 0.550 bits per heavy atom. The summed E-state index contributed by atoms with van der Waals surface area (Å²) in [6, 6.07) is 35.7. The number of nitrogens with two attached hydrogens (primary N) is 3. The number of piperazine rings is 2. The van der Waals surface area contributed by atoms with Gasteiger partial charge in [-0.15, -0.1) is 0 Å². The molecule has 0 bridgehead atoms. The maximum atomic E-state index is 12.6. The van der Waals surface area contributed by atoms with Crippen molar-refractivity contribution in [3.05, 3.63) is 145 Å². The van der Waals surface area contributed by atoms with Crippen LogP contribution < -0.4 is 26.8 Å². The van der Waals surface area contributed by atoms with E-state index in [0.717, 1.165) is 126 Å². The Labute approximate surface area is 469 Å². The molecule has 2 aliphatic heterocycles. The second-order valence-corrected chi connectivity index (χ2v) is 24.0. The van der Waals surface area contributed by atoms with E-state index in [0.29, 0.717) is 42.3 Å². The first-order valence-corrected chi connectivity index (χ1v) is 29.8. The fraction of sp³-hybridized carbons (Fsp3) is 0.393. The lowest BCUT2D eigenvalue weighted by Gasteiger charge is -2.41. The van der Waals surface area contributed by atoms with E-state index >= 15 is 0 Å². The third-order valence-corrected chi connectivity index (χ3v) is 18.6. The molecule has 0 spiro atoms. The number of hydrogen-bond acceptors (Lipinski definition) is 13. The minimum Gasteiger partial charge on any atom is -0.383 e. The van der Waals surface area contributed by atoms with Crippen molar-refractivity contribution in [1.82, 2.24) is 53.4 Å². The van der Waals surface area contributed by atoms with E-state index in [9.17, 15) is 13.2 Å². The molecule has 2 saturated heterocycles. The quantitative estimate of drug-likeness (QED) is 0.0854. The number of anilines is 3. The maximum Gasteiger partial charge on any atom is 0.319 e. The summed E-state index contributed by atoms with van der Waals surface area (Å²) in [5.41, 5.74) is 27.0. The SMILES string of the molecule is CN1CCN(C2CCC(n3cc(-c4ccc(CN(C(N)=O)c5ccccc5)cc4)c4c(N)ncnc43)CC2)CC1.CN1CCN(C2CCC(n3cc(-c4ccc(CNS(=O)(=O)c5ccccc5)cc4)c4c(N)ncnc43)CC2)CC1. The van der Waals surface area contributed by atoms with Crippen LogP contribution >= 0.6 is 0 Å². The molecule has 8 aromatic rings. The summed E-state index contributed by atoms with van der Waals surface area (Å²) >= 11 is 0. The number of primary amides is 1. The first kappa shape index (κ1) is 54.7. The highest BCUT2D eigenvalue weighted by atomic mass is 32.2. The molecular formula is C61H75N15O3S. The molecular weight excluding hydrogens is 1020 g/mol. The van der Waals surface area contributed by atoms with Gasteiger partial charge in [0.15, 0.2) is 0 Å². The van der Waals surface area contributed by atoms with Crippen LogP contribution in [0.5, 0.6) is 0 Å². The number of para-hydroxylation sites is 1. The number of likely N-dealkylation sites (N-methyl/N-ethyl adjacent to an activating group) is 2. The summed E-state index contributed by atoms with van der Waals surface area (Å²) in [6.07, 6.45) is 16.8. The van der Waals surface area contributed by atoms with Gasteiger partial charge in [-0.05, 0) is 112 Å². The second-order valence-electron chi connectivity index (χ2n) is 22.2. The lowest BCUT2D eigenvalue weighted by atomic mass is 9.89. The van der Waals surface area contributed by atoms with Crippen LogP contribution in [-0.4, -0.2) is 142 Å². The molecule has 4 aromatic heterocycles. The summed E-state index contributed by atoms with van der Waals surface area (Å²) in [7, 11) is 0.849. The number of amides is 2. The maximum absolute atomic E-state index is 12.6. The molecule has 4 fully saturated rings. The van der Waals surface area contributed by atoms with Crippen LogP contribution in [0.2, 0.25) is 0 Å². The van der Waals surface area contributed by atoms with Crippen LogP contribution in [-0.2, 0) is 23.1 Å². The number of benzene rings is 4. The highest BCUT2D eigenvalue weighted by molar-refractivity contribution is 7.89. The van der Waals surface area contributed by atoms with Crippen molar-refractivity contribution in [2.75, 3.05) is 82.8 Å². The molecule has 12 rings (SSSR count). The van der Waals surface area contributed by atoms with E-state index in [4.69, 9.17) is 17.2 Å². The highest BCUT2D eigenvalue weighted by Gasteiger charge is 2.32. The van der Waals surface area contributed by atoms with Gasteiger partial charge in [0.2, 0.25) is 10.0 Å². The zero-order chi connectivity index (χ0) is 55.3. The number of nitrogen functional groups attached to an aromatic ring is 2. The van der Waals surface area contributed by atoms with Gasteiger partial charge >= 0.3 is 6.03 Å². The Balaban J connectivity index is 0.000000169. The number of fused-ring (bicyclic) bond motifs is 2. The number of hydrogen-bond donors (Lipinski definition) is 4. The average molecular weight is 1100 g/mol. The van der Waals surface area contributed by atoms with Crippen LogP contribution in [0.1, 0.15) is 74.6 Å². The predicted octanol–water partition coefficient (Wildman–Crippen LogP) is 8.39. The van der Waals surface area contributed by atoms with Gasteiger partial charge in [0, 0.05) is 112 Å². The first-order chi connectivity index (χ1) is 38.9. The summed E-state index contributed by atoms with van der Waals surface area (Å²) < 4.78 is 32.5. The molecule has 4 aliphatic rings. The van der Waals surface area contributed by atoms with Crippen molar-refractivity contribution in [3.63, 3.8) is 0 Å². The van der Waals surface area contributed by atoms with E-state index in [2.05, 4.69) is 92.0 Å². The third-order valence-electron chi connectivity index (χ3n) is 17.2. The van der Waals surface area contributed by atoms with Gasteiger partial charge in [-0.1, -0.05) is 84.9 Å². The molecule has 2 aliphatic carbocycles. The number of nitrogens with zero attached hydrogens (tertiary/aromatic N) is 11. The fourth-order valence-corrected chi connectivity index (χ4v) is 13.6. The van der Waals surface area contributed by atoms with E-state index in [1.165, 1.54) is 38.8 Å². The van der Waals surface area contributed by atoms with E-state index in [1.54, 1.807) is 47.9 Å². The molecule has 4 aromatic carbocycles. The van der Waals surface area contributed by atoms with Crippen LogP contribution in [0.25, 0.3) is 44.3 Å². The molecule has 18 nitrogen and oxygen atoms in total. The third kappa shape index (κ3) is 12.1. The summed E-state index contributed by atoms with van der Waals surface area (Å²) in [5.74, 6) is 0.975. The van der Waals surface area contributed by atoms with Gasteiger partial charge in [-0.3, -0.25) is 14.7 Å². The lowest BCUT2D eigenvalue weighted by Crippen LogP contribution is -2.49. The normalized spacial score (nSPS) is 20.8. The standard InChI is InChI=1S/C31H38N8O.C30H37N7O2S/c1-36-15-17-37(18-16-36)24-11-13-26(14-12-24)38-20-27(28-29(32)34-21-35-30(28)38)23-9-7-22(8-10-23)19-39(31(33)40)25-5-3-2-4-6-25;1-35-15-17-36(18-16-35)24-11-13-25(14-12-24)37-20-27(28-29(31)32-21-33-30(28)37)23-9-7-22(8-10-23)19-34-40(38,39)26-5-3-2-4-6-26/h2-10,20-21,24,26H,11-19H2,1H3,(H2,33,40)(H2,32,34,35);2-10,20-21,24-25,34H,11-19H2,1H3,(H2,31,32,33). The van der Waals surface area contributed by atoms with Gasteiger partial charge < -0.3 is 36.1 Å². The average Bonchev–Trinajstić information content (AvgIpc) is 4.20. The number of urea groups is 1. The largest absolute Gasteiger partial charge is 0.383 e. The van der Waals surface area contributed by atoms with Crippen LogP contribution in [0.4, 0.5) is 22.1 Å². The van der Waals surface area contributed by atoms with Crippen molar-refractivity contribution in [3.8, 4) is 22.3 Å². The molecule has 0 atom stereocenters. The Morgan fingerprint density at radius 3 is 1.40 bits per heavy atom. The number of carbonyl (C=O) groups excluding carboxylic acids is 1. The van der Waals surface area contributed by atoms with Crippen molar-refractivity contribution >= 4 is 55.4 Å². The molecule has 2 amide bonds. The number of sulfonamides is 1. The van der Waals surface area contributed by atoms with E-state index in [1.807, 2.05) is 66.7 Å². The highest BCUT2D eigenvalue weighted by Crippen LogP contribution is 2.41. The fourth-order valence-electron chi connectivity index (χ4n) is 12.5.